The van der Waals surface area contributed by atoms with E-state index in [1.807, 2.05) is 17.0 Å². The summed E-state index contributed by atoms with van der Waals surface area (Å²) in [5.74, 6) is 0.977. The molecule has 5 rings (SSSR count). The van der Waals surface area contributed by atoms with E-state index in [0.29, 0.717) is 54.2 Å². The fourth-order valence-corrected chi connectivity index (χ4v) is 7.30. The molecule has 0 aliphatic carbocycles. The number of pyridine rings is 2. The SMILES string of the molecule is CCOP(=O)(OCC)O[C@H]1CCN(c2cccc(C(=O)Nc3cc4sc(NCCO)nc4nc3N3CCCCC3)n2)C1. The Morgan fingerprint density at radius 2 is 1.88 bits per heavy atom. The predicted molar refractivity (Wildman–Crippen MR) is 164 cm³/mol. The predicted octanol–water partition coefficient (Wildman–Crippen LogP) is 4.51. The normalized spacial score (nSPS) is 17.6. The first kappa shape index (κ1) is 30.6. The van der Waals surface area contributed by atoms with Gasteiger partial charge >= 0.3 is 7.82 Å². The number of fused-ring (bicyclic) bond motifs is 1. The maximum Gasteiger partial charge on any atom is 0.475 e. The van der Waals surface area contributed by atoms with E-state index >= 15 is 0 Å². The number of hydrogen-bond donors (Lipinski definition) is 3. The van der Waals surface area contributed by atoms with Crippen LogP contribution in [-0.2, 0) is 18.1 Å². The van der Waals surface area contributed by atoms with Crippen molar-refractivity contribution in [1.29, 1.82) is 0 Å². The van der Waals surface area contributed by atoms with E-state index < -0.39 is 7.82 Å². The second-order valence-corrected chi connectivity index (χ2v) is 12.6. The first-order chi connectivity index (χ1) is 20.4. The minimum absolute atomic E-state index is 0.00219. The lowest BCUT2D eigenvalue weighted by molar-refractivity contribution is 0.0918. The van der Waals surface area contributed by atoms with Crippen molar-refractivity contribution in [1.82, 2.24) is 15.0 Å². The van der Waals surface area contributed by atoms with Crippen molar-refractivity contribution in [2.24, 2.45) is 0 Å². The van der Waals surface area contributed by atoms with Gasteiger partial charge in [-0.2, -0.15) is 0 Å². The number of nitrogens with one attached hydrogen (secondary N) is 2. The van der Waals surface area contributed by atoms with Crippen LogP contribution in [0.3, 0.4) is 0 Å². The lowest BCUT2D eigenvalue weighted by atomic mass is 10.1. The van der Waals surface area contributed by atoms with Gasteiger partial charge in [-0.05, 0) is 57.7 Å². The molecule has 0 radical (unpaired) electrons. The minimum atomic E-state index is -3.63. The van der Waals surface area contributed by atoms with E-state index in [-0.39, 0.29) is 37.5 Å². The molecule has 3 N–H and O–H groups in total. The number of carbonyl (C=O) groups is 1. The molecule has 3 aromatic rings. The second kappa shape index (κ2) is 14.1. The highest BCUT2D eigenvalue weighted by Gasteiger charge is 2.34. The Morgan fingerprint density at radius 1 is 1.10 bits per heavy atom. The van der Waals surface area contributed by atoms with Crippen LogP contribution in [0.25, 0.3) is 10.3 Å². The molecule has 15 heteroatoms. The number of hydrogen-bond acceptors (Lipinski definition) is 13. The number of phosphoric ester groups is 1. The van der Waals surface area contributed by atoms with Gasteiger partial charge in [0.15, 0.2) is 16.6 Å². The molecular formula is C27H38N7O6PS. The van der Waals surface area contributed by atoms with Gasteiger partial charge in [-0.25, -0.2) is 19.5 Å². The fourth-order valence-electron chi connectivity index (χ4n) is 5.06. The molecular weight excluding hydrogens is 581 g/mol. The van der Waals surface area contributed by atoms with E-state index in [1.54, 1.807) is 26.0 Å². The van der Waals surface area contributed by atoms with Crippen LogP contribution in [0.1, 0.15) is 50.0 Å². The molecule has 0 saturated carbocycles. The molecule has 2 fully saturated rings. The van der Waals surface area contributed by atoms with Gasteiger partial charge in [-0.3, -0.25) is 18.4 Å². The van der Waals surface area contributed by atoms with Crippen molar-refractivity contribution in [3.05, 3.63) is 30.0 Å². The number of anilines is 4. The van der Waals surface area contributed by atoms with Gasteiger partial charge in [0.25, 0.3) is 5.91 Å². The van der Waals surface area contributed by atoms with Crippen LogP contribution >= 0.6 is 19.2 Å². The van der Waals surface area contributed by atoms with Crippen LogP contribution < -0.4 is 20.4 Å². The molecule has 5 heterocycles. The summed E-state index contributed by atoms with van der Waals surface area (Å²) < 4.78 is 30.0. The number of nitrogens with zero attached hydrogens (tertiary/aromatic N) is 5. The van der Waals surface area contributed by atoms with Crippen LogP contribution in [0.2, 0.25) is 0 Å². The number of aliphatic hydroxyl groups excluding tert-OH is 1. The third-order valence-electron chi connectivity index (χ3n) is 6.94. The number of thiazole rings is 1. The summed E-state index contributed by atoms with van der Waals surface area (Å²) in [5, 5.41) is 16.0. The van der Waals surface area contributed by atoms with Crippen LogP contribution in [0.5, 0.6) is 0 Å². The Hall–Kier alpha value is -2.87. The van der Waals surface area contributed by atoms with Crippen LogP contribution in [-0.4, -0.2) is 84.6 Å². The molecule has 3 aromatic heterocycles. The highest BCUT2D eigenvalue weighted by molar-refractivity contribution is 7.48. The number of piperidine rings is 1. The summed E-state index contributed by atoms with van der Waals surface area (Å²) in [4.78, 5) is 31.8. The van der Waals surface area contributed by atoms with Crippen molar-refractivity contribution in [2.45, 2.75) is 45.6 Å². The quantitative estimate of drug-likeness (QED) is 0.231. The van der Waals surface area contributed by atoms with Crippen molar-refractivity contribution in [2.75, 3.05) is 73.0 Å². The number of aliphatic hydroxyl groups is 1. The first-order valence-electron chi connectivity index (χ1n) is 14.4. The van der Waals surface area contributed by atoms with E-state index in [1.165, 1.54) is 17.8 Å². The van der Waals surface area contributed by atoms with Gasteiger partial charge in [0.2, 0.25) is 0 Å². The number of aromatic nitrogens is 3. The van der Waals surface area contributed by atoms with E-state index in [4.69, 9.17) is 23.7 Å². The van der Waals surface area contributed by atoms with Crippen molar-refractivity contribution in [3.8, 4) is 0 Å². The summed E-state index contributed by atoms with van der Waals surface area (Å²) in [5.41, 5.74) is 1.48. The Morgan fingerprint density at radius 3 is 2.62 bits per heavy atom. The molecule has 0 unspecified atom stereocenters. The van der Waals surface area contributed by atoms with Gasteiger partial charge < -0.3 is 25.5 Å². The van der Waals surface area contributed by atoms with Gasteiger partial charge in [0, 0.05) is 32.7 Å². The Labute approximate surface area is 249 Å². The molecule has 0 spiro atoms. The zero-order valence-electron chi connectivity index (χ0n) is 24.0. The smallest absolute Gasteiger partial charge is 0.395 e. The summed E-state index contributed by atoms with van der Waals surface area (Å²) >= 11 is 1.42. The highest BCUT2D eigenvalue weighted by Crippen LogP contribution is 2.51. The zero-order valence-corrected chi connectivity index (χ0v) is 25.7. The topological polar surface area (TPSA) is 151 Å². The van der Waals surface area contributed by atoms with E-state index in [0.717, 1.165) is 30.6 Å². The number of phosphoric acid groups is 1. The molecule has 0 aromatic carbocycles. The minimum Gasteiger partial charge on any atom is -0.395 e. The molecule has 42 heavy (non-hydrogen) atoms. The summed E-state index contributed by atoms with van der Waals surface area (Å²) in [7, 11) is -3.63. The van der Waals surface area contributed by atoms with Crippen molar-refractivity contribution >= 4 is 57.9 Å². The molecule has 0 bridgehead atoms. The maximum absolute atomic E-state index is 13.5. The maximum atomic E-state index is 13.5. The average molecular weight is 620 g/mol. The van der Waals surface area contributed by atoms with Crippen molar-refractivity contribution < 1.29 is 28.0 Å². The molecule has 13 nitrogen and oxygen atoms in total. The summed E-state index contributed by atoms with van der Waals surface area (Å²) in [6.07, 6.45) is 3.55. The molecule has 228 valence electrons. The van der Waals surface area contributed by atoms with E-state index in [9.17, 15) is 9.36 Å². The molecule has 1 amide bonds. The lowest BCUT2D eigenvalue weighted by Crippen LogP contribution is -2.31. The standard InChI is InChI=1S/C27H38N7O6PS/c1-3-38-41(37,39-4-2)40-19-11-15-34(18-19)23-10-8-9-20(29-23)26(36)30-21-17-22-24(32-27(42-22)28-12-16-35)31-25(21)33-13-6-5-7-14-33/h8-10,17,19,35H,3-7,11-16,18H2,1-2H3,(H,30,36)(H,28,31,32)/t19-/m0/s1. The van der Waals surface area contributed by atoms with Gasteiger partial charge in [-0.15, -0.1) is 0 Å². The largest absolute Gasteiger partial charge is 0.475 e. The average Bonchev–Trinajstić information content (AvgIpc) is 3.62. The second-order valence-electron chi connectivity index (χ2n) is 9.98. The monoisotopic (exact) mass is 619 g/mol. The van der Waals surface area contributed by atoms with Crippen LogP contribution in [0.4, 0.5) is 22.5 Å². The van der Waals surface area contributed by atoms with Crippen molar-refractivity contribution in [3.63, 3.8) is 0 Å². The van der Waals surface area contributed by atoms with Gasteiger partial charge in [-0.1, -0.05) is 17.4 Å². The Kier molecular flexibility index (Phi) is 10.2. The number of carbonyl (C=O) groups excluding carboxylic acids is 1. The van der Waals surface area contributed by atoms with Crippen LogP contribution in [0.15, 0.2) is 24.3 Å². The third-order valence-corrected chi connectivity index (χ3v) is 9.60. The molecule has 1 atom stereocenters. The molecule has 2 aliphatic rings. The summed E-state index contributed by atoms with van der Waals surface area (Å²) in [6, 6.07) is 7.23. The molecule has 2 aliphatic heterocycles. The first-order valence-corrected chi connectivity index (χ1v) is 16.7. The lowest BCUT2D eigenvalue weighted by Gasteiger charge is -2.29. The van der Waals surface area contributed by atoms with Crippen LogP contribution in [0, 0.1) is 0 Å². The fraction of sp³-hybridized carbons (Fsp3) is 0.556. The zero-order chi connectivity index (χ0) is 29.5. The Bertz CT molecular complexity index is 1410. The number of rotatable bonds is 13. The van der Waals surface area contributed by atoms with E-state index in [2.05, 4.69) is 25.5 Å². The van der Waals surface area contributed by atoms with Gasteiger partial charge in [0.1, 0.15) is 11.5 Å². The number of amides is 1. The summed E-state index contributed by atoms with van der Waals surface area (Å²) in [6.45, 7) is 7.10. The third kappa shape index (κ3) is 7.36. The molecule has 2 saturated heterocycles. The van der Waals surface area contributed by atoms with Gasteiger partial charge in [0.05, 0.1) is 36.3 Å². The highest BCUT2D eigenvalue weighted by atomic mass is 32.1. The Balaban J connectivity index is 1.33.